The van der Waals surface area contributed by atoms with E-state index in [2.05, 4.69) is 150 Å². The molecule has 7 aromatic carbocycles. The lowest BCUT2D eigenvalue weighted by atomic mass is 10.1. The summed E-state index contributed by atoms with van der Waals surface area (Å²) in [5, 5.41) is 4.97. The first-order chi connectivity index (χ1) is 25.3. The Hall–Kier alpha value is -6.21. The Morgan fingerprint density at radius 1 is 0.373 bits per heavy atom. The van der Waals surface area contributed by atoms with Crippen LogP contribution in [0.2, 0.25) is 0 Å². The maximum Gasteiger partial charge on any atom is 0.238 e. The van der Waals surface area contributed by atoms with Gasteiger partial charge in [0.25, 0.3) is 0 Å². The van der Waals surface area contributed by atoms with Gasteiger partial charge in [-0.15, -0.1) is 22.7 Å². The molecule has 6 heteroatoms. The van der Waals surface area contributed by atoms with E-state index in [0.29, 0.717) is 17.6 Å². The summed E-state index contributed by atoms with van der Waals surface area (Å²) in [7, 11) is 0. The van der Waals surface area contributed by atoms with Gasteiger partial charge in [0.1, 0.15) is 0 Å². The van der Waals surface area contributed by atoms with Gasteiger partial charge in [0, 0.05) is 57.2 Å². The third-order valence-electron chi connectivity index (χ3n) is 9.35. The van der Waals surface area contributed by atoms with Gasteiger partial charge in [-0.1, -0.05) is 127 Å². The standard InChI is InChI=1S/C45H28N4S2/c1-3-12-29(13-4-1)30-22-24-32(25-23-30)49(33-26-27-36-34-16-7-9-20-39(34)50-41(36)28-33)45-47-43(31-14-5-2-6-15-31)46-44(48-45)38-19-11-18-37-35-17-8-10-21-40(35)51-42(37)38/h1-28H. The summed E-state index contributed by atoms with van der Waals surface area (Å²) >= 11 is 3.59. The molecule has 0 aliphatic heterocycles. The highest BCUT2D eigenvalue weighted by Crippen LogP contribution is 2.43. The Morgan fingerprint density at radius 3 is 1.71 bits per heavy atom. The molecule has 0 atom stereocenters. The van der Waals surface area contributed by atoms with Crippen molar-refractivity contribution < 1.29 is 0 Å². The number of hydrogen-bond donors (Lipinski definition) is 0. The smallest absolute Gasteiger partial charge is 0.238 e. The lowest BCUT2D eigenvalue weighted by Crippen LogP contribution is -2.15. The van der Waals surface area contributed by atoms with Crippen LogP contribution in [0.15, 0.2) is 170 Å². The molecule has 0 saturated heterocycles. The van der Waals surface area contributed by atoms with Gasteiger partial charge in [-0.2, -0.15) is 9.97 Å². The van der Waals surface area contributed by atoms with E-state index in [4.69, 9.17) is 15.0 Å². The zero-order valence-corrected chi connectivity index (χ0v) is 28.9. The average molecular weight is 689 g/mol. The van der Waals surface area contributed by atoms with E-state index in [9.17, 15) is 0 Å². The zero-order valence-electron chi connectivity index (χ0n) is 27.3. The first-order valence-electron chi connectivity index (χ1n) is 16.9. The Kier molecular flexibility index (Phi) is 7.15. The molecule has 0 fully saturated rings. The molecule has 0 N–H and O–H groups in total. The molecule has 240 valence electrons. The summed E-state index contributed by atoms with van der Waals surface area (Å²) in [6.07, 6.45) is 0. The predicted octanol–water partition coefficient (Wildman–Crippen LogP) is 13.1. The minimum atomic E-state index is 0.560. The van der Waals surface area contributed by atoms with E-state index in [1.54, 1.807) is 11.3 Å². The number of anilines is 3. The maximum absolute atomic E-state index is 5.32. The molecule has 3 heterocycles. The van der Waals surface area contributed by atoms with Crippen LogP contribution in [0.25, 0.3) is 74.2 Å². The zero-order chi connectivity index (χ0) is 33.7. The molecule has 0 spiro atoms. The van der Waals surface area contributed by atoms with Crippen molar-refractivity contribution in [3.63, 3.8) is 0 Å². The molecule has 0 aliphatic rings. The number of benzene rings is 7. The number of thiophene rings is 2. The molecule has 0 unspecified atom stereocenters. The maximum atomic E-state index is 5.32. The fraction of sp³-hybridized carbons (Fsp3) is 0. The minimum Gasteiger partial charge on any atom is -0.279 e. The molecule has 10 rings (SSSR count). The fourth-order valence-electron chi connectivity index (χ4n) is 6.89. The summed E-state index contributed by atoms with van der Waals surface area (Å²) in [6, 6.07) is 59.6. The second-order valence-electron chi connectivity index (χ2n) is 12.5. The largest absolute Gasteiger partial charge is 0.279 e. The number of hydrogen-bond acceptors (Lipinski definition) is 6. The summed E-state index contributed by atoms with van der Waals surface area (Å²) < 4.78 is 4.90. The summed E-state index contributed by atoms with van der Waals surface area (Å²) in [5.74, 6) is 1.83. The van der Waals surface area contributed by atoms with Crippen molar-refractivity contribution in [1.29, 1.82) is 0 Å². The molecule has 0 amide bonds. The monoisotopic (exact) mass is 688 g/mol. The minimum absolute atomic E-state index is 0.560. The van der Waals surface area contributed by atoms with E-state index < -0.39 is 0 Å². The topological polar surface area (TPSA) is 41.9 Å². The van der Waals surface area contributed by atoms with E-state index in [1.165, 1.54) is 45.9 Å². The van der Waals surface area contributed by atoms with Crippen molar-refractivity contribution >= 4 is 80.3 Å². The van der Waals surface area contributed by atoms with Crippen LogP contribution in [0.4, 0.5) is 17.3 Å². The van der Waals surface area contributed by atoms with Gasteiger partial charge in [0.05, 0.1) is 5.69 Å². The highest BCUT2D eigenvalue weighted by Gasteiger charge is 2.22. The SMILES string of the molecule is c1ccc(-c2ccc(N(c3ccc4c(c3)sc3ccccc34)c3nc(-c4ccccc4)nc(-c4cccc5c4sc4ccccc45)n3)cc2)cc1. The van der Waals surface area contributed by atoms with Crippen LogP contribution >= 0.6 is 22.7 Å². The van der Waals surface area contributed by atoms with Crippen molar-refractivity contribution in [2.45, 2.75) is 0 Å². The summed E-state index contributed by atoms with van der Waals surface area (Å²) in [5.41, 5.74) is 6.20. The fourth-order valence-corrected chi connectivity index (χ4v) is 9.24. The van der Waals surface area contributed by atoms with Crippen molar-refractivity contribution in [2.75, 3.05) is 4.90 Å². The Bertz CT molecular complexity index is 2860. The van der Waals surface area contributed by atoms with Crippen LogP contribution < -0.4 is 4.90 Å². The second kappa shape index (κ2) is 12.3. The lowest BCUT2D eigenvalue weighted by Gasteiger charge is -2.24. The molecule has 51 heavy (non-hydrogen) atoms. The van der Waals surface area contributed by atoms with Crippen molar-refractivity contribution in [1.82, 2.24) is 15.0 Å². The van der Waals surface area contributed by atoms with Gasteiger partial charge >= 0.3 is 0 Å². The molecular weight excluding hydrogens is 661 g/mol. The highest BCUT2D eigenvalue weighted by molar-refractivity contribution is 7.26. The quantitative estimate of drug-likeness (QED) is 0.174. The summed E-state index contributed by atoms with van der Waals surface area (Å²) in [6.45, 7) is 0. The normalized spacial score (nSPS) is 11.5. The third kappa shape index (κ3) is 5.24. The number of rotatable bonds is 6. The lowest BCUT2D eigenvalue weighted by molar-refractivity contribution is 1.02. The van der Waals surface area contributed by atoms with Crippen LogP contribution in [-0.2, 0) is 0 Å². The molecule has 10 aromatic rings. The van der Waals surface area contributed by atoms with E-state index in [-0.39, 0.29) is 0 Å². The molecule has 4 nitrogen and oxygen atoms in total. The predicted molar refractivity (Wildman–Crippen MR) is 217 cm³/mol. The Balaban J connectivity index is 1.21. The molecular formula is C45H28N4S2. The van der Waals surface area contributed by atoms with Crippen LogP contribution in [0.3, 0.4) is 0 Å². The van der Waals surface area contributed by atoms with Gasteiger partial charge in [-0.05, 0) is 53.6 Å². The summed E-state index contributed by atoms with van der Waals surface area (Å²) in [4.78, 5) is 17.9. The molecule has 3 aromatic heterocycles. The van der Waals surface area contributed by atoms with Gasteiger partial charge in [0.2, 0.25) is 5.95 Å². The molecule has 0 aliphatic carbocycles. The van der Waals surface area contributed by atoms with Crippen molar-refractivity contribution in [3.05, 3.63) is 170 Å². The molecule has 0 saturated carbocycles. The third-order valence-corrected chi connectivity index (χ3v) is 11.7. The second-order valence-corrected chi connectivity index (χ2v) is 14.6. The average Bonchev–Trinajstić information content (AvgIpc) is 3.77. The number of nitrogens with zero attached hydrogens (tertiary/aromatic N) is 4. The molecule has 0 radical (unpaired) electrons. The van der Waals surface area contributed by atoms with Gasteiger partial charge in [0.15, 0.2) is 11.6 Å². The Morgan fingerprint density at radius 2 is 0.941 bits per heavy atom. The first kappa shape index (κ1) is 29.7. The van der Waals surface area contributed by atoms with Crippen LogP contribution in [0.5, 0.6) is 0 Å². The number of aromatic nitrogens is 3. The van der Waals surface area contributed by atoms with Crippen LogP contribution in [0, 0.1) is 0 Å². The van der Waals surface area contributed by atoms with Crippen LogP contribution in [0.1, 0.15) is 0 Å². The van der Waals surface area contributed by atoms with Crippen molar-refractivity contribution in [2.24, 2.45) is 0 Å². The molecule has 0 bridgehead atoms. The van der Waals surface area contributed by atoms with Crippen molar-refractivity contribution in [3.8, 4) is 33.9 Å². The Labute approximate surface area is 302 Å². The van der Waals surface area contributed by atoms with Crippen LogP contribution in [-0.4, -0.2) is 15.0 Å². The number of fused-ring (bicyclic) bond motifs is 6. The van der Waals surface area contributed by atoms with Gasteiger partial charge < -0.3 is 0 Å². The first-order valence-corrected chi connectivity index (χ1v) is 18.5. The van der Waals surface area contributed by atoms with E-state index in [1.807, 2.05) is 35.6 Å². The van der Waals surface area contributed by atoms with E-state index >= 15 is 0 Å². The highest BCUT2D eigenvalue weighted by atomic mass is 32.1. The van der Waals surface area contributed by atoms with Gasteiger partial charge in [-0.3, -0.25) is 4.90 Å². The van der Waals surface area contributed by atoms with E-state index in [0.717, 1.165) is 28.1 Å². The van der Waals surface area contributed by atoms with Gasteiger partial charge in [-0.25, -0.2) is 4.98 Å².